The molecule has 3 atom stereocenters. The Balaban J connectivity index is 1.36. The zero-order valence-corrected chi connectivity index (χ0v) is 16.4. The SMILES string of the molecule is O=C(O)N(Cc1cscn1)CC1C[C@@H]2CN(c3cccc(C(F)(F)F)n3)C[C@@H]2C1. The first-order valence-corrected chi connectivity index (χ1v) is 10.4. The number of hydrogen-bond acceptors (Lipinski definition) is 5. The standard InChI is InChI=1S/C19H21F3N4O2S/c20-19(21,22)16-2-1-3-17(24-16)25-7-13-4-12(5-14(13)8-25)6-26(18(27)28)9-15-10-29-11-23-15/h1-3,10-14H,4-9H2,(H,27,28)/t12?,13-,14+. The molecule has 0 spiro atoms. The van der Waals surface area contributed by atoms with Crippen LogP contribution in [0.1, 0.15) is 24.2 Å². The average Bonchev–Trinajstić information content (AvgIpc) is 3.37. The predicted octanol–water partition coefficient (Wildman–Crippen LogP) is 4.20. The minimum absolute atomic E-state index is 0.261. The molecule has 1 N–H and O–H groups in total. The van der Waals surface area contributed by atoms with Crippen LogP contribution in [0.5, 0.6) is 0 Å². The van der Waals surface area contributed by atoms with Crippen molar-refractivity contribution in [2.75, 3.05) is 24.5 Å². The second kappa shape index (κ2) is 7.81. The quantitative estimate of drug-likeness (QED) is 0.776. The molecule has 4 rings (SSSR count). The molecule has 6 nitrogen and oxygen atoms in total. The third-order valence-electron chi connectivity index (χ3n) is 5.78. The summed E-state index contributed by atoms with van der Waals surface area (Å²) >= 11 is 1.44. The maximum Gasteiger partial charge on any atom is 0.433 e. The minimum atomic E-state index is -4.45. The Morgan fingerprint density at radius 2 is 2.00 bits per heavy atom. The van der Waals surface area contributed by atoms with Crippen LogP contribution in [0.4, 0.5) is 23.8 Å². The van der Waals surface area contributed by atoms with Gasteiger partial charge in [-0.3, -0.25) is 0 Å². The highest BCUT2D eigenvalue weighted by Gasteiger charge is 2.42. The lowest BCUT2D eigenvalue weighted by Gasteiger charge is -2.24. The Kier molecular flexibility index (Phi) is 5.37. The van der Waals surface area contributed by atoms with Gasteiger partial charge in [-0.15, -0.1) is 11.3 Å². The van der Waals surface area contributed by atoms with Gasteiger partial charge in [-0.1, -0.05) is 6.07 Å². The van der Waals surface area contributed by atoms with E-state index in [1.165, 1.54) is 22.3 Å². The van der Waals surface area contributed by atoms with E-state index in [-0.39, 0.29) is 12.5 Å². The summed E-state index contributed by atoms with van der Waals surface area (Å²) in [6.07, 6.45) is -3.65. The molecule has 3 heterocycles. The van der Waals surface area contributed by atoms with Gasteiger partial charge in [-0.2, -0.15) is 13.2 Å². The maximum atomic E-state index is 12.9. The van der Waals surface area contributed by atoms with Crippen molar-refractivity contribution in [2.24, 2.45) is 17.8 Å². The molecule has 2 aromatic rings. The van der Waals surface area contributed by atoms with Crippen molar-refractivity contribution < 1.29 is 23.1 Å². The number of hydrogen-bond donors (Lipinski definition) is 1. The Morgan fingerprint density at radius 1 is 1.28 bits per heavy atom. The van der Waals surface area contributed by atoms with E-state index in [1.807, 2.05) is 10.3 Å². The molecule has 2 aromatic heterocycles. The van der Waals surface area contributed by atoms with Gasteiger partial charge in [0, 0.05) is 25.0 Å². The number of fused-ring (bicyclic) bond motifs is 1. The lowest BCUT2D eigenvalue weighted by molar-refractivity contribution is -0.141. The van der Waals surface area contributed by atoms with Crippen molar-refractivity contribution in [2.45, 2.75) is 25.6 Å². The Morgan fingerprint density at radius 3 is 2.59 bits per heavy atom. The topological polar surface area (TPSA) is 69.6 Å². The van der Waals surface area contributed by atoms with Gasteiger partial charge < -0.3 is 14.9 Å². The fraction of sp³-hybridized carbons (Fsp3) is 0.526. The van der Waals surface area contributed by atoms with Crippen molar-refractivity contribution in [1.82, 2.24) is 14.9 Å². The summed E-state index contributed by atoms with van der Waals surface area (Å²) in [7, 11) is 0. The second-order valence-electron chi connectivity index (χ2n) is 7.78. The average molecular weight is 426 g/mol. The third-order valence-corrected chi connectivity index (χ3v) is 6.42. The first-order valence-electron chi connectivity index (χ1n) is 9.43. The van der Waals surface area contributed by atoms with Gasteiger partial charge in [0.1, 0.15) is 11.5 Å². The fourth-order valence-electron chi connectivity index (χ4n) is 4.55. The van der Waals surface area contributed by atoms with Gasteiger partial charge in [0.2, 0.25) is 0 Å². The summed E-state index contributed by atoms with van der Waals surface area (Å²) in [5.74, 6) is 1.33. The molecular formula is C19H21F3N4O2S. The second-order valence-corrected chi connectivity index (χ2v) is 8.50. The summed E-state index contributed by atoms with van der Waals surface area (Å²) in [6, 6.07) is 4.00. The molecule has 29 heavy (non-hydrogen) atoms. The molecule has 0 radical (unpaired) electrons. The van der Waals surface area contributed by atoms with E-state index in [9.17, 15) is 23.1 Å². The number of alkyl halides is 3. The van der Waals surface area contributed by atoms with Crippen LogP contribution in [-0.2, 0) is 12.7 Å². The number of pyridine rings is 1. The number of rotatable bonds is 5. The summed E-state index contributed by atoms with van der Waals surface area (Å²) < 4.78 is 38.8. The maximum absolute atomic E-state index is 12.9. The molecule has 1 aliphatic heterocycles. The molecule has 1 aliphatic carbocycles. The first kappa shape index (κ1) is 19.9. The fourth-order valence-corrected chi connectivity index (χ4v) is 5.10. The number of anilines is 1. The van der Waals surface area contributed by atoms with E-state index in [0.29, 0.717) is 37.3 Å². The normalized spacial score (nSPS) is 24.0. The number of nitrogens with zero attached hydrogens (tertiary/aromatic N) is 4. The number of thiazole rings is 1. The number of carbonyl (C=O) groups is 1. The highest BCUT2D eigenvalue weighted by Crippen LogP contribution is 2.43. The summed E-state index contributed by atoms with van der Waals surface area (Å²) in [6.45, 7) is 2.07. The first-order chi connectivity index (χ1) is 13.8. The zero-order chi connectivity index (χ0) is 20.6. The van der Waals surface area contributed by atoms with Crippen LogP contribution in [-0.4, -0.2) is 45.7 Å². The number of amides is 1. The molecule has 0 bridgehead atoms. The molecule has 1 saturated carbocycles. The van der Waals surface area contributed by atoms with Crippen LogP contribution in [0.2, 0.25) is 0 Å². The Bertz CT molecular complexity index is 847. The van der Waals surface area contributed by atoms with E-state index in [2.05, 4.69) is 9.97 Å². The molecule has 156 valence electrons. The minimum Gasteiger partial charge on any atom is -0.465 e. The van der Waals surface area contributed by atoms with Crippen LogP contribution < -0.4 is 4.90 Å². The molecule has 1 amide bonds. The molecule has 1 unspecified atom stereocenters. The van der Waals surface area contributed by atoms with Gasteiger partial charge in [0.15, 0.2) is 0 Å². The van der Waals surface area contributed by atoms with Gasteiger partial charge in [0.25, 0.3) is 0 Å². The molecule has 2 fully saturated rings. The lowest BCUT2D eigenvalue weighted by atomic mass is 10.0. The third kappa shape index (κ3) is 4.47. The van der Waals surface area contributed by atoms with E-state index in [4.69, 9.17) is 0 Å². The smallest absolute Gasteiger partial charge is 0.433 e. The van der Waals surface area contributed by atoms with Crippen LogP contribution in [0, 0.1) is 17.8 Å². The highest BCUT2D eigenvalue weighted by atomic mass is 32.1. The summed E-state index contributed by atoms with van der Waals surface area (Å²) in [4.78, 5) is 22.9. The van der Waals surface area contributed by atoms with E-state index >= 15 is 0 Å². The van der Waals surface area contributed by atoms with Gasteiger partial charge in [-0.25, -0.2) is 14.8 Å². The van der Waals surface area contributed by atoms with Crippen molar-refractivity contribution in [1.29, 1.82) is 0 Å². The monoisotopic (exact) mass is 426 g/mol. The number of halogens is 3. The molecule has 0 aromatic carbocycles. The van der Waals surface area contributed by atoms with E-state index < -0.39 is 18.0 Å². The summed E-state index contributed by atoms with van der Waals surface area (Å²) in [5.41, 5.74) is 1.56. The number of carboxylic acid groups (broad SMARTS) is 1. The van der Waals surface area contributed by atoms with E-state index in [0.717, 1.165) is 24.6 Å². The Hall–Kier alpha value is -2.36. The Labute approximate surface area is 170 Å². The predicted molar refractivity (Wildman–Crippen MR) is 102 cm³/mol. The zero-order valence-electron chi connectivity index (χ0n) is 15.5. The summed E-state index contributed by atoms with van der Waals surface area (Å²) in [5, 5.41) is 11.4. The van der Waals surface area contributed by atoms with Crippen LogP contribution >= 0.6 is 11.3 Å². The molecule has 2 aliphatic rings. The van der Waals surface area contributed by atoms with Crippen LogP contribution in [0.15, 0.2) is 29.1 Å². The van der Waals surface area contributed by atoms with Crippen molar-refractivity contribution in [3.8, 4) is 0 Å². The lowest BCUT2D eigenvalue weighted by Crippen LogP contribution is -2.34. The molecule has 1 saturated heterocycles. The number of aromatic nitrogens is 2. The molecule has 10 heteroatoms. The highest BCUT2D eigenvalue weighted by molar-refractivity contribution is 7.07. The van der Waals surface area contributed by atoms with Gasteiger partial charge in [0.05, 0.1) is 17.7 Å². The largest absolute Gasteiger partial charge is 0.465 e. The van der Waals surface area contributed by atoms with Crippen LogP contribution in [0.3, 0.4) is 0 Å². The van der Waals surface area contributed by atoms with Crippen LogP contribution in [0.25, 0.3) is 0 Å². The van der Waals surface area contributed by atoms with Crippen molar-refractivity contribution in [3.63, 3.8) is 0 Å². The van der Waals surface area contributed by atoms with Crippen molar-refractivity contribution in [3.05, 3.63) is 40.5 Å². The molecular weight excluding hydrogens is 405 g/mol. The van der Waals surface area contributed by atoms with E-state index in [1.54, 1.807) is 11.6 Å². The van der Waals surface area contributed by atoms with Gasteiger partial charge >= 0.3 is 12.3 Å². The van der Waals surface area contributed by atoms with Crippen molar-refractivity contribution >= 4 is 23.2 Å². The van der Waals surface area contributed by atoms with Gasteiger partial charge in [-0.05, 0) is 42.7 Å².